The van der Waals surface area contributed by atoms with Gasteiger partial charge in [-0.05, 0) is 30.0 Å². The molecule has 4 nitrogen and oxygen atoms in total. The van der Waals surface area contributed by atoms with Crippen LogP contribution in [0, 0.1) is 11.7 Å². The van der Waals surface area contributed by atoms with Gasteiger partial charge in [0.2, 0.25) is 10.0 Å². The number of sulfonamides is 1. The first kappa shape index (κ1) is 17.4. The third kappa shape index (κ3) is 3.91. The summed E-state index contributed by atoms with van der Waals surface area (Å²) in [5.41, 5.74) is 5.73. The van der Waals surface area contributed by atoms with Crippen molar-refractivity contribution in [1.29, 1.82) is 0 Å². The average molecular weight is 323 g/mol. The molecule has 0 fully saturated rings. The summed E-state index contributed by atoms with van der Waals surface area (Å²) in [6.45, 7) is 4.38. The van der Waals surface area contributed by atoms with Crippen LogP contribution in [0.2, 0.25) is 5.02 Å². The fraction of sp³-hybridized carbons (Fsp3) is 0.538. The number of nitrogens with zero attached hydrogens (tertiary/aromatic N) is 1. The second-order valence-electron chi connectivity index (χ2n) is 5.09. The molecule has 0 radical (unpaired) electrons. The Labute approximate surface area is 124 Å². The number of nitrogens with two attached hydrogens (primary N) is 1. The van der Waals surface area contributed by atoms with Crippen LogP contribution in [0.5, 0.6) is 0 Å². The van der Waals surface area contributed by atoms with Crippen molar-refractivity contribution in [3.63, 3.8) is 0 Å². The molecule has 0 spiro atoms. The number of hydrogen-bond donors (Lipinski definition) is 1. The molecular formula is C13H20ClFN2O2S. The Morgan fingerprint density at radius 1 is 1.40 bits per heavy atom. The largest absolute Gasteiger partial charge is 0.326 e. The van der Waals surface area contributed by atoms with Crippen molar-refractivity contribution in [2.75, 3.05) is 13.6 Å². The Balaban J connectivity index is 3.12. The SMILES string of the molecule is CC(C)CCN(C)S(=O)(=O)c1cc(F)c(Cl)c(CN)c1. The van der Waals surface area contributed by atoms with E-state index < -0.39 is 15.8 Å². The monoisotopic (exact) mass is 322 g/mol. The molecule has 1 aromatic carbocycles. The van der Waals surface area contributed by atoms with Crippen LogP contribution >= 0.6 is 11.6 Å². The number of benzene rings is 1. The van der Waals surface area contributed by atoms with Gasteiger partial charge in [0.05, 0.1) is 9.92 Å². The molecule has 0 heterocycles. The molecule has 0 saturated carbocycles. The van der Waals surface area contributed by atoms with E-state index in [1.165, 1.54) is 17.4 Å². The number of halogens is 2. The van der Waals surface area contributed by atoms with Crippen LogP contribution < -0.4 is 5.73 Å². The fourth-order valence-electron chi connectivity index (χ4n) is 1.66. The summed E-state index contributed by atoms with van der Waals surface area (Å²) in [5, 5.41) is -0.128. The molecule has 0 aliphatic carbocycles. The first-order chi connectivity index (χ1) is 9.20. The minimum atomic E-state index is -3.73. The van der Waals surface area contributed by atoms with Gasteiger partial charge in [0.15, 0.2) is 0 Å². The minimum absolute atomic E-state index is 0.0190. The molecular weight excluding hydrogens is 303 g/mol. The lowest BCUT2D eigenvalue weighted by Crippen LogP contribution is -2.29. The van der Waals surface area contributed by atoms with Gasteiger partial charge in [0.25, 0.3) is 0 Å². The van der Waals surface area contributed by atoms with E-state index >= 15 is 0 Å². The topological polar surface area (TPSA) is 63.4 Å². The zero-order valence-corrected chi connectivity index (χ0v) is 13.4. The third-order valence-corrected chi connectivity index (χ3v) is 5.28. The van der Waals surface area contributed by atoms with Gasteiger partial charge in [-0.3, -0.25) is 0 Å². The van der Waals surface area contributed by atoms with Crippen molar-refractivity contribution in [3.05, 3.63) is 28.5 Å². The van der Waals surface area contributed by atoms with Crippen molar-refractivity contribution in [2.24, 2.45) is 11.7 Å². The predicted molar refractivity (Wildman–Crippen MR) is 78.6 cm³/mol. The van der Waals surface area contributed by atoms with E-state index in [2.05, 4.69) is 0 Å². The summed E-state index contributed by atoms with van der Waals surface area (Å²) in [6.07, 6.45) is 0.732. The molecule has 0 aromatic heterocycles. The molecule has 0 saturated heterocycles. The predicted octanol–water partition coefficient (Wildman–Crippen LogP) is 2.60. The molecule has 20 heavy (non-hydrogen) atoms. The lowest BCUT2D eigenvalue weighted by atomic mass is 10.1. The first-order valence-corrected chi connectivity index (χ1v) is 8.16. The summed E-state index contributed by atoms with van der Waals surface area (Å²) in [6, 6.07) is 2.26. The van der Waals surface area contributed by atoms with Gasteiger partial charge in [-0.15, -0.1) is 0 Å². The Morgan fingerprint density at radius 3 is 2.50 bits per heavy atom. The van der Waals surface area contributed by atoms with E-state index in [1.54, 1.807) is 0 Å². The van der Waals surface area contributed by atoms with Crippen LogP contribution in [0.15, 0.2) is 17.0 Å². The molecule has 2 N–H and O–H groups in total. The van der Waals surface area contributed by atoms with E-state index in [-0.39, 0.29) is 22.0 Å². The Hall–Kier alpha value is -0.690. The number of rotatable bonds is 6. The van der Waals surface area contributed by atoms with Crippen LogP contribution in [0.3, 0.4) is 0 Å². The van der Waals surface area contributed by atoms with Gasteiger partial charge < -0.3 is 5.73 Å². The van der Waals surface area contributed by atoms with Crippen molar-refractivity contribution in [3.8, 4) is 0 Å². The molecule has 0 amide bonds. The van der Waals surface area contributed by atoms with Crippen LogP contribution in [-0.4, -0.2) is 26.3 Å². The highest BCUT2D eigenvalue weighted by atomic mass is 35.5. The maximum Gasteiger partial charge on any atom is 0.242 e. The van der Waals surface area contributed by atoms with Crippen LogP contribution in [0.4, 0.5) is 4.39 Å². The molecule has 0 aliphatic rings. The molecule has 0 atom stereocenters. The van der Waals surface area contributed by atoms with E-state index in [4.69, 9.17) is 17.3 Å². The van der Waals surface area contributed by atoms with Crippen LogP contribution in [0.25, 0.3) is 0 Å². The maximum atomic E-state index is 13.7. The molecule has 1 aromatic rings. The van der Waals surface area contributed by atoms with Gasteiger partial charge in [0.1, 0.15) is 5.82 Å². The van der Waals surface area contributed by atoms with Crippen LogP contribution in [-0.2, 0) is 16.6 Å². The summed E-state index contributed by atoms with van der Waals surface area (Å²) in [4.78, 5) is -0.119. The quantitative estimate of drug-likeness (QED) is 0.875. The summed E-state index contributed by atoms with van der Waals surface area (Å²) in [7, 11) is -2.25. The molecule has 7 heteroatoms. The molecule has 0 aliphatic heterocycles. The summed E-state index contributed by atoms with van der Waals surface area (Å²) >= 11 is 5.73. The Kier molecular flexibility index (Phi) is 5.94. The average Bonchev–Trinajstić information content (AvgIpc) is 2.38. The zero-order valence-electron chi connectivity index (χ0n) is 11.9. The highest BCUT2D eigenvalue weighted by Gasteiger charge is 2.23. The van der Waals surface area contributed by atoms with Crippen molar-refractivity contribution < 1.29 is 12.8 Å². The summed E-state index contributed by atoms with van der Waals surface area (Å²) in [5.74, 6) is -0.389. The molecule has 0 unspecified atom stereocenters. The highest BCUT2D eigenvalue weighted by Crippen LogP contribution is 2.25. The molecule has 0 bridgehead atoms. The minimum Gasteiger partial charge on any atom is -0.326 e. The Morgan fingerprint density at radius 2 is 2.00 bits per heavy atom. The second kappa shape index (κ2) is 6.85. The number of hydrogen-bond acceptors (Lipinski definition) is 3. The van der Waals surface area contributed by atoms with Crippen molar-refractivity contribution in [1.82, 2.24) is 4.31 Å². The van der Waals surface area contributed by atoms with Gasteiger partial charge >= 0.3 is 0 Å². The van der Waals surface area contributed by atoms with Crippen LogP contribution in [0.1, 0.15) is 25.8 Å². The second-order valence-corrected chi connectivity index (χ2v) is 7.51. The lowest BCUT2D eigenvalue weighted by Gasteiger charge is -2.19. The van der Waals surface area contributed by atoms with Crippen molar-refractivity contribution in [2.45, 2.75) is 31.7 Å². The third-order valence-electron chi connectivity index (χ3n) is 3.03. The Bertz CT molecular complexity index is 576. The lowest BCUT2D eigenvalue weighted by molar-refractivity contribution is 0.427. The molecule has 114 valence electrons. The van der Waals surface area contributed by atoms with Crippen molar-refractivity contribution >= 4 is 21.6 Å². The summed E-state index contributed by atoms with van der Waals surface area (Å²) < 4.78 is 39.6. The normalized spacial score (nSPS) is 12.4. The van der Waals surface area contributed by atoms with Gasteiger partial charge in [-0.25, -0.2) is 17.1 Å². The van der Waals surface area contributed by atoms with Gasteiger partial charge in [-0.2, -0.15) is 0 Å². The maximum absolute atomic E-state index is 13.7. The highest BCUT2D eigenvalue weighted by molar-refractivity contribution is 7.89. The van der Waals surface area contributed by atoms with E-state index in [0.29, 0.717) is 12.5 Å². The smallest absolute Gasteiger partial charge is 0.242 e. The first-order valence-electron chi connectivity index (χ1n) is 6.34. The fourth-order valence-corrected chi connectivity index (χ4v) is 3.09. The molecule has 1 rings (SSSR count). The van der Waals surface area contributed by atoms with E-state index in [0.717, 1.165) is 12.5 Å². The van der Waals surface area contributed by atoms with Gasteiger partial charge in [0, 0.05) is 20.1 Å². The standard InChI is InChI=1S/C13H20ClFN2O2S/c1-9(2)4-5-17(3)20(18,19)11-6-10(8-16)13(14)12(15)7-11/h6-7,9H,4-5,8,16H2,1-3H3. The van der Waals surface area contributed by atoms with Gasteiger partial charge in [-0.1, -0.05) is 25.4 Å². The zero-order chi connectivity index (χ0) is 15.5. The van der Waals surface area contributed by atoms with E-state index in [1.807, 2.05) is 13.8 Å². The van der Waals surface area contributed by atoms with E-state index in [9.17, 15) is 12.8 Å².